The molecule has 0 aromatic heterocycles. The van der Waals surface area contributed by atoms with Crippen LogP contribution in [0.15, 0.2) is 36.4 Å². The Bertz CT molecular complexity index is 442. The van der Waals surface area contributed by atoms with Crippen LogP contribution in [-0.2, 0) is 4.79 Å². The quantitative estimate of drug-likeness (QED) is 0.754. The molecule has 0 radical (unpaired) electrons. The third-order valence-electron chi connectivity index (χ3n) is 2.65. The molecular weight excluding hydrogens is 206 g/mol. The van der Waals surface area contributed by atoms with E-state index in [0.717, 1.165) is 0 Å². The minimum atomic E-state index is -0.794. The van der Waals surface area contributed by atoms with Crippen LogP contribution in [0.4, 0.5) is 5.69 Å². The molecule has 16 heavy (non-hydrogen) atoms. The predicted molar refractivity (Wildman–Crippen MR) is 60.5 cm³/mol. The summed E-state index contributed by atoms with van der Waals surface area (Å²) in [4.78, 5) is 13.3. The molecule has 1 amide bonds. The van der Waals surface area contributed by atoms with E-state index in [2.05, 4.69) is 6.58 Å². The second-order valence-corrected chi connectivity index (χ2v) is 3.63. The van der Waals surface area contributed by atoms with Gasteiger partial charge in [-0.15, -0.1) is 0 Å². The highest BCUT2D eigenvalue weighted by molar-refractivity contribution is 6.09. The van der Waals surface area contributed by atoms with Gasteiger partial charge in [0.05, 0.1) is 19.3 Å². The fourth-order valence-corrected chi connectivity index (χ4v) is 1.74. The van der Waals surface area contributed by atoms with E-state index in [1.165, 1.54) is 4.90 Å². The zero-order chi connectivity index (χ0) is 11.7. The van der Waals surface area contributed by atoms with Crippen molar-refractivity contribution in [2.75, 3.05) is 18.6 Å². The van der Waals surface area contributed by atoms with E-state index in [-0.39, 0.29) is 18.0 Å². The lowest BCUT2D eigenvalue weighted by atomic mass is 10.2. The standard InChI is InChI=1S/C12H13NO3/c1-8-10(14)7-13(12(8)15)9-5-3-4-6-11(9)16-2/h3-6,10,14H,1,7H2,2H3/t10-/m0/s1. The molecule has 2 rings (SSSR count). The maximum Gasteiger partial charge on any atom is 0.256 e. The molecule has 0 saturated carbocycles. The molecule has 84 valence electrons. The SMILES string of the molecule is C=C1C(=O)N(c2ccccc2OC)C[C@@H]1O. The molecule has 1 aromatic carbocycles. The number of carbonyl (C=O) groups excluding carboxylic acids is 1. The monoisotopic (exact) mass is 219 g/mol. The van der Waals surface area contributed by atoms with Crippen LogP contribution in [-0.4, -0.2) is 30.8 Å². The highest BCUT2D eigenvalue weighted by Crippen LogP contribution is 2.32. The number of benzene rings is 1. The van der Waals surface area contributed by atoms with E-state index in [0.29, 0.717) is 11.4 Å². The van der Waals surface area contributed by atoms with Gasteiger partial charge in [-0.2, -0.15) is 0 Å². The Balaban J connectivity index is 2.38. The van der Waals surface area contributed by atoms with Crippen LogP contribution in [0, 0.1) is 0 Å². The molecule has 0 unspecified atom stereocenters. The first-order valence-corrected chi connectivity index (χ1v) is 4.97. The fourth-order valence-electron chi connectivity index (χ4n) is 1.74. The van der Waals surface area contributed by atoms with Gasteiger partial charge in [0.2, 0.25) is 0 Å². The van der Waals surface area contributed by atoms with Crippen LogP contribution >= 0.6 is 0 Å². The molecule has 0 bridgehead atoms. The zero-order valence-electron chi connectivity index (χ0n) is 9.01. The largest absolute Gasteiger partial charge is 0.495 e. The van der Waals surface area contributed by atoms with Crippen LogP contribution in [0.5, 0.6) is 5.75 Å². The van der Waals surface area contributed by atoms with Crippen LogP contribution < -0.4 is 9.64 Å². The van der Waals surface area contributed by atoms with Gasteiger partial charge in [0, 0.05) is 5.57 Å². The lowest BCUT2D eigenvalue weighted by Gasteiger charge is -2.18. The van der Waals surface area contributed by atoms with E-state index in [1.54, 1.807) is 19.2 Å². The molecule has 0 spiro atoms. The highest BCUT2D eigenvalue weighted by Gasteiger charge is 2.34. The van der Waals surface area contributed by atoms with Gasteiger partial charge < -0.3 is 14.7 Å². The van der Waals surface area contributed by atoms with Crippen LogP contribution in [0.1, 0.15) is 0 Å². The summed E-state index contributed by atoms with van der Waals surface area (Å²) in [5, 5.41) is 9.56. The van der Waals surface area contributed by atoms with Gasteiger partial charge in [-0.05, 0) is 12.1 Å². The van der Waals surface area contributed by atoms with Crippen molar-refractivity contribution in [1.29, 1.82) is 0 Å². The normalized spacial score (nSPS) is 20.4. The maximum absolute atomic E-state index is 11.8. The lowest BCUT2D eigenvalue weighted by molar-refractivity contribution is -0.114. The summed E-state index contributed by atoms with van der Waals surface area (Å²) in [5.41, 5.74) is 0.888. The zero-order valence-corrected chi connectivity index (χ0v) is 9.01. The van der Waals surface area contributed by atoms with E-state index < -0.39 is 6.10 Å². The third kappa shape index (κ3) is 1.57. The summed E-state index contributed by atoms with van der Waals surface area (Å²) in [6, 6.07) is 7.20. The Labute approximate surface area is 93.8 Å². The number of rotatable bonds is 2. The summed E-state index contributed by atoms with van der Waals surface area (Å²) in [7, 11) is 1.55. The molecule has 1 aliphatic heterocycles. The van der Waals surface area contributed by atoms with Gasteiger partial charge in [0.15, 0.2) is 0 Å². The molecule has 1 N–H and O–H groups in total. The molecule has 1 atom stereocenters. The Morgan fingerprint density at radius 2 is 2.19 bits per heavy atom. The number of aliphatic hydroxyl groups excluding tert-OH is 1. The number of nitrogens with zero attached hydrogens (tertiary/aromatic N) is 1. The molecule has 4 nitrogen and oxygen atoms in total. The first kappa shape index (κ1) is 10.7. The third-order valence-corrected chi connectivity index (χ3v) is 2.65. The number of methoxy groups -OCH3 is 1. The van der Waals surface area contributed by atoms with Crippen molar-refractivity contribution in [2.24, 2.45) is 0 Å². The molecule has 0 aliphatic carbocycles. The van der Waals surface area contributed by atoms with E-state index in [1.807, 2.05) is 12.1 Å². The van der Waals surface area contributed by atoms with Crippen molar-refractivity contribution in [3.63, 3.8) is 0 Å². The Hall–Kier alpha value is -1.81. The van der Waals surface area contributed by atoms with Crippen molar-refractivity contribution < 1.29 is 14.6 Å². The van der Waals surface area contributed by atoms with Crippen LogP contribution in [0.25, 0.3) is 0 Å². The summed E-state index contributed by atoms with van der Waals surface area (Å²) >= 11 is 0. The van der Waals surface area contributed by atoms with Gasteiger partial charge >= 0.3 is 0 Å². The van der Waals surface area contributed by atoms with E-state index in [9.17, 15) is 9.90 Å². The lowest BCUT2D eigenvalue weighted by Crippen LogP contribution is -2.25. The Morgan fingerprint density at radius 1 is 1.50 bits per heavy atom. The number of anilines is 1. The van der Waals surface area contributed by atoms with Crippen molar-refractivity contribution in [1.82, 2.24) is 0 Å². The summed E-state index contributed by atoms with van der Waals surface area (Å²) in [6.07, 6.45) is -0.794. The smallest absolute Gasteiger partial charge is 0.256 e. The maximum atomic E-state index is 11.8. The van der Waals surface area contributed by atoms with Crippen molar-refractivity contribution in [3.05, 3.63) is 36.4 Å². The average molecular weight is 219 g/mol. The van der Waals surface area contributed by atoms with Gasteiger partial charge in [0.25, 0.3) is 5.91 Å². The first-order valence-electron chi connectivity index (χ1n) is 4.97. The van der Waals surface area contributed by atoms with E-state index in [4.69, 9.17) is 4.74 Å². The van der Waals surface area contributed by atoms with E-state index >= 15 is 0 Å². The number of hydrogen-bond acceptors (Lipinski definition) is 3. The number of para-hydroxylation sites is 2. The Morgan fingerprint density at radius 3 is 2.75 bits per heavy atom. The van der Waals surface area contributed by atoms with Crippen molar-refractivity contribution >= 4 is 11.6 Å². The molecule has 1 heterocycles. The minimum absolute atomic E-state index is 0.228. The first-order chi connectivity index (χ1) is 7.65. The molecule has 4 heteroatoms. The molecule has 1 saturated heterocycles. The van der Waals surface area contributed by atoms with Gasteiger partial charge in [-0.25, -0.2) is 0 Å². The molecule has 1 aromatic rings. The highest BCUT2D eigenvalue weighted by atomic mass is 16.5. The van der Waals surface area contributed by atoms with Crippen LogP contribution in [0.3, 0.4) is 0 Å². The van der Waals surface area contributed by atoms with Gasteiger partial charge in [-0.1, -0.05) is 18.7 Å². The summed E-state index contributed by atoms with van der Waals surface area (Å²) in [5.74, 6) is 0.356. The summed E-state index contributed by atoms with van der Waals surface area (Å²) < 4.78 is 5.17. The second-order valence-electron chi connectivity index (χ2n) is 3.63. The number of β-amino-alcohol motifs (C(OH)–C–C–N with tert-alkyl or cyclic N) is 1. The number of hydrogen-bond donors (Lipinski definition) is 1. The number of amides is 1. The predicted octanol–water partition coefficient (Wildman–Crippen LogP) is 0.959. The fraction of sp³-hybridized carbons (Fsp3) is 0.250. The minimum Gasteiger partial charge on any atom is -0.495 e. The summed E-state index contributed by atoms with van der Waals surface area (Å²) in [6.45, 7) is 3.80. The van der Waals surface area contributed by atoms with Gasteiger partial charge in [0.1, 0.15) is 11.9 Å². The number of ether oxygens (including phenoxy) is 1. The number of aliphatic hydroxyl groups is 1. The molecular formula is C12H13NO3. The van der Waals surface area contributed by atoms with Gasteiger partial charge in [-0.3, -0.25) is 4.79 Å². The van der Waals surface area contributed by atoms with Crippen molar-refractivity contribution in [2.45, 2.75) is 6.10 Å². The topological polar surface area (TPSA) is 49.8 Å². The second kappa shape index (κ2) is 3.98. The molecule has 1 aliphatic rings. The van der Waals surface area contributed by atoms with Crippen LogP contribution in [0.2, 0.25) is 0 Å². The number of carbonyl (C=O) groups is 1. The Kier molecular flexibility index (Phi) is 2.66. The van der Waals surface area contributed by atoms with Crippen molar-refractivity contribution in [3.8, 4) is 5.75 Å². The average Bonchev–Trinajstić information content (AvgIpc) is 2.57. The molecule has 1 fully saturated rings.